The molecule has 1 aliphatic rings. The van der Waals surface area contributed by atoms with E-state index in [4.69, 9.17) is 9.72 Å². The van der Waals surface area contributed by atoms with Crippen LogP contribution in [0.2, 0.25) is 0 Å². The molecule has 1 saturated heterocycles. The largest absolute Gasteiger partial charge is 0.497 e. The fraction of sp³-hybridized carbons (Fsp3) is 0.333. The van der Waals surface area contributed by atoms with Crippen molar-refractivity contribution in [1.82, 2.24) is 25.1 Å². The Balaban J connectivity index is 1.50. The molecule has 1 aromatic carbocycles. The summed E-state index contributed by atoms with van der Waals surface area (Å²) in [6.07, 6.45) is 5.82. The van der Waals surface area contributed by atoms with E-state index in [1.807, 2.05) is 18.3 Å². The zero-order valence-corrected chi connectivity index (χ0v) is 15.3. The number of methoxy groups -OCH3 is 1. The highest BCUT2D eigenvalue weighted by atomic mass is 32.1. The molecule has 1 aliphatic heterocycles. The summed E-state index contributed by atoms with van der Waals surface area (Å²) in [5.41, 5.74) is 3.92. The van der Waals surface area contributed by atoms with E-state index >= 15 is 0 Å². The van der Waals surface area contributed by atoms with E-state index in [1.54, 1.807) is 18.8 Å². The standard InChI is InChI=1S/C18H20N6OS/c1-25-14-5-2-4-13(8-14)11-24-7-3-6-16(24)15-9-19-10-17(21-15)22-18-23-20-12-26-18/h2,4-5,8-10,12,16H,3,6-7,11H2,1H3,(H,21,22,23)/t16-/m0/s1. The van der Waals surface area contributed by atoms with Crippen LogP contribution >= 0.6 is 11.3 Å². The van der Waals surface area contributed by atoms with Gasteiger partial charge in [0.15, 0.2) is 5.82 Å². The average molecular weight is 368 g/mol. The van der Waals surface area contributed by atoms with Crippen molar-refractivity contribution in [2.75, 3.05) is 19.0 Å². The third-order valence-electron chi connectivity index (χ3n) is 4.47. The molecule has 0 saturated carbocycles. The third-order valence-corrected chi connectivity index (χ3v) is 5.08. The minimum Gasteiger partial charge on any atom is -0.497 e. The molecule has 8 heteroatoms. The van der Waals surface area contributed by atoms with Crippen LogP contribution in [0.3, 0.4) is 0 Å². The Kier molecular flexibility index (Phi) is 5.03. The highest BCUT2D eigenvalue weighted by Crippen LogP contribution is 2.33. The zero-order valence-electron chi connectivity index (χ0n) is 14.5. The summed E-state index contributed by atoms with van der Waals surface area (Å²) in [7, 11) is 1.70. The van der Waals surface area contributed by atoms with Crippen LogP contribution in [0.4, 0.5) is 10.9 Å². The number of hydrogen-bond acceptors (Lipinski definition) is 8. The number of nitrogens with zero attached hydrogens (tertiary/aromatic N) is 5. The molecule has 1 atom stereocenters. The molecule has 0 unspecified atom stereocenters. The summed E-state index contributed by atoms with van der Waals surface area (Å²) in [4.78, 5) is 11.6. The second kappa shape index (κ2) is 7.76. The Hall–Kier alpha value is -2.58. The first-order valence-electron chi connectivity index (χ1n) is 8.54. The van der Waals surface area contributed by atoms with E-state index in [1.165, 1.54) is 16.9 Å². The summed E-state index contributed by atoms with van der Waals surface area (Å²) < 4.78 is 5.34. The number of nitrogens with one attached hydrogen (secondary N) is 1. The smallest absolute Gasteiger partial charge is 0.211 e. The highest BCUT2D eigenvalue weighted by Gasteiger charge is 2.27. The SMILES string of the molecule is COc1cccc(CN2CCC[C@H]2c2cncc(Nc3nncs3)n2)c1. The van der Waals surface area contributed by atoms with Gasteiger partial charge < -0.3 is 10.1 Å². The number of ether oxygens (including phenoxy) is 1. The summed E-state index contributed by atoms with van der Waals surface area (Å²) in [5.74, 6) is 1.59. The molecule has 0 radical (unpaired) electrons. The van der Waals surface area contributed by atoms with Crippen LogP contribution in [0.15, 0.2) is 42.2 Å². The molecule has 0 amide bonds. The fourth-order valence-electron chi connectivity index (χ4n) is 3.29. The second-order valence-corrected chi connectivity index (χ2v) is 7.01. The van der Waals surface area contributed by atoms with Gasteiger partial charge in [-0.3, -0.25) is 9.88 Å². The molecule has 3 heterocycles. The Bertz CT molecular complexity index is 856. The van der Waals surface area contributed by atoms with E-state index in [0.29, 0.717) is 5.82 Å². The summed E-state index contributed by atoms with van der Waals surface area (Å²) >= 11 is 1.44. The number of aromatic nitrogens is 4. The lowest BCUT2D eigenvalue weighted by Crippen LogP contribution is -2.23. The molecule has 0 bridgehead atoms. The van der Waals surface area contributed by atoms with Gasteiger partial charge in [0, 0.05) is 6.54 Å². The fourth-order valence-corrected chi connectivity index (χ4v) is 3.75. The van der Waals surface area contributed by atoms with Crippen molar-refractivity contribution in [3.05, 3.63) is 53.4 Å². The molecule has 134 valence electrons. The van der Waals surface area contributed by atoms with Crippen molar-refractivity contribution in [2.24, 2.45) is 0 Å². The molecular formula is C18H20N6OS. The van der Waals surface area contributed by atoms with E-state index in [2.05, 4.69) is 37.5 Å². The molecule has 0 aliphatic carbocycles. The van der Waals surface area contributed by atoms with Gasteiger partial charge in [0.25, 0.3) is 0 Å². The lowest BCUT2D eigenvalue weighted by Gasteiger charge is -2.24. The second-order valence-electron chi connectivity index (χ2n) is 6.18. The molecule has 26 heavy (non-hydrogen) atoms. The number of rotatable bonds is 6. The Morgan fingerprint density at radius 2 is 2.31 bits per heavy atom. The van der Waals surface area contributed by atoms with Gasteiger partial charge in [0.05, 0.1) is 31.2 Å². The summed E-state index contributed by atoms with van der Waals surface area (Å²) in [6.45, 7) is 1.93. The topological polar surface area (TPSA) is 76.1 Å². The van der Waals surface area contributed by atoms with Crippen LogP contribution in [-0.4, -0.2) is 38.7 Å². The van der Waals surface area contributed by atoms with E-state index in [-0.39, 0.29) is 6.04 Å². The monoisotopic (exact) mass is 368 g/mol. The third kappa shape index (κ3) is 3.81. The Labute approximate surface area is 156 Å². The number of anilines is 2. The normalized spacial score (nSPS) is 17.3. The quantitative estimate of drug-likeness (QED) is 0.714. The molecular weight excluding hydrogens is 348 g/mol. The number of likely N-dealkylation sites (tertiary alicyclic amines) is 1. The van der Waals surface area contributed by atoms with Crippen molar-refractivity contribution >= 4 is 22.3 Å². The first-order chi connectivity index (χ1) is 12.8. The van der Waals surface area contributed by atoms with Crippen molar-refractivity contribution in [2.45, 2.75) is 25.4 Å². The van der Waals surface area contributed by atoms with Gasteiger partial charge >= 0.3 is 0 Å². The lowest BCUT2D eigenvalue weighted by atomic mass is 10.1. The van der Waals surface area contributed by atoms with Crippen molar-refractivity contribution in [3.8, 4) is 5.75 Å². The number of hydrogen-bond donors (Lipinski definition) is 1. The maximum absolute atomic E-state index is 5.34. The maximum atomic E-state index is 5.34. The summed E-state index contributed by atoms with van der Waals surface area (Å²) in [5, 5.41) is 11.7. The zero-order chi connectivity index (χ0) is 17.8. The van der Waals surface area contributed by atoms with E-state index in [0.717, 1.165) is 42.5 Å². The van der Waals surface area contributed by atoms with E-state index < -0.39 is 0 Å². The average Bonchev–Trinajstić information content (AvgIpc) is 3.34. The van der Waals surface area contributed by atoms with Crippen molar-refractivity contribution in [1.29, 1.82) is 0 Å². The van der Waals surface area contributed by atoms with Crippen LogP contribution in [0, 0.1) is 0 Å². The van der Waals surface area contributed by atoms with Crippen LogP contribution in [-0.2, 0) is 6.54 Å². The molecule has 0 spiro atoms. The predicted molar refractivity (Wildman–Crippen MR) is 101 cm³/mol. The van der Waals surface area contributed by atoms with Gasteiger partial charge in [0.2, 0.25) is 5.13 Å². The molecule has 1 N–H and O–H groups in total. The van der Waals surface area contributed by atoms with Crippen LogP contribution < -0.4 is 10.1 Å². The first kappa shape index (κ1) is 16.9. The van der Waals surface area contributed by atoms with E-state index in [9.17, 15) is 0 Å². The summed E-state index contributed by atoms with van der Waals surface area (Å²) in [6, 6.07) is 8.50. The molecule has 3 aromatic rings. The minimum absolute atomic E-state index is 0.268. The molecule has 4 rings (SSSR count). The molecule has 7 nitrogen and oxygen atoms in total. The molecule has 1 fully saturated rings. The Morgan fingerprint density at radius 1 is 1.35 bits per heavy atom. The first-order valence-corrected chi connectivity index (χ1v) is 9.42. The van der Waals surface area contributed by atoms with Gasteiger partial charge in [-0.2, -0.15) is 0 Å². The van der Waals surface area contributed by atoms with Gasteiger partial charge in [-0.15, -0.1) is 10.2 Å². The van der Waals surface area contributed by atoms with Gasteiger partial charge in [0.1, 0.15) is 11.3 Å². The van der Waals surface area contributed by atoms with Gasteiger partial charge in [-0.1, -0.05) is 23.5 Å². The van der Waals surface area contributed by atoms with Gasteiger partial charge in [-0.25, -0.2) is 4.98 Å². The Morgan fingerprint density at radius 3 is 3.15 bits per heavy atom. The van der Waals surface area contributed by atoms with Crippen molar-refractivity contribution in [3.63, 3.8) is 0 Å². The minimum atomic E-state index is 0.268. The van der Waals surface area contributed by atoms with Crippen LogP contribution in [0.1, 0.15) is 30.1 Å². The van der Waals surface area contributed by atoms with Crippen LogP contribution in [0.5, 0.6) is 5.75 Å². The van der Waals surface area contributed by atoms with Gasteiger partial charge in [-0.05, 0) is 37.1 Å². The lowest BCUT2D eigenvalue weighted by molar-refractivity contribution is 0.244. The number of benzene rings is 1. The van der Waals surface area contributed by atoms with Crippen LogP contribution in [0.25, 0.3) is 0 Å². The van der Waals surface area contributed by atoms with Crippen molar-refractivity contribution < 1.29 is 4.74 Å². The molecule has 2 aromatic heterocycles. The predicted octanol–water partition coefficient (Wildman–Crippen LogP) is 3.42. The highest BCUT2D eigenvalue weighted by molar-refractivity contribution is 7.13. The maximum Gasteiger partial charge on any atom is 0.211 e.